The molecule has 1 N–H and O–H groups in total. The molecule has 1 amide bonds. The van der Waals surface area contributed by atoms with E-state index < -0.39 is 0 Å². The van der Waals surface area contributed by atoms with Gasteiger partial charge in [-0.25, -0.2) is 0 Å². The van der Waals surface area contributed by atoms with Crippen LogP contribution in [0, 0.1) is 11.8 Å². The van der Waals surface area contributed by atoms with E-state index in [0.29, 0.717) is 18.3 Å². The van der Waals surface area contributed by atoms with Crippen molar-refractivity contribution in [1.82, 2.24) is 5.32 Å². The molecule has 0 fully saturated rings. The number of nitrogens with one attached hydrogen (secondary N) is 1. The first-order valence-electron chi connectivity index (χ1n) is 6.19. The molecular formula is C13H27NO. The van der Waals surface area contributed by atoms with E-state index in [1.165, 1.54) is 0 Å². The van der Waals surface area contributed by atoms with Crippen molar-refractivity contribution >= 4 is 5.91 Å². The van der Waals surface area contributed by atoms with E-state index in [0.717, 1.165) is 12.8 Å². The van der Waals surface area contributed by atoms with E-state index >= 15 is 0 Å². The Balaban J connectivity index is 4.58. The normalized spacial score (nSPS) is 17.3. The summed E-state index contributed by atoms with van der Waals surface area (Å²) in [6.45, 7) is 13.0. The topological polar surface area (TPSA) is 29.1 Å². The number of hydrogen-bond donors (Lipinski definition) is 1. The maximum Gasteiger partial charge on any atom is 0.220 e. The molecule has 0 saturated heterocycles. The lowest BCUT2D eigenvalue weighted by Crippen LogP contribution is -2.54. The molecule has 0 aliphatic heterocycles. The third kappa shape index (κ3) is 3.84. The van der Waals surface area contributed by atoms with Gasteiger partial charge in [-0.1, -0.05) is 41.0 Å². The predicted molar refractivity (Wildman–Crippen MR) is 65.7 cm³/mol. The van der Waals surface area contributed by atoms with Crippen molar-refractivity contribution in [3.05, 3.63) is 0 Å². The first-order chi connectivity index (χ1) is 6.88. The van der Waals surface area contributed by atoms with Gasteiger partial charge < -0.3 is 5.32 Å². The summed E-state index contributed by atoms with van der Waals surface area (Å²) in [7, 11) is 0. The van der Waals surface area contributed by atoms with Crippen molar-refractivity contribution < 1.29 is 4.79 Å². The Morgan fingerprint density at radius 1 is 1.27 bits per heavy atom. The van der Waals surface area contributed by atoms with Crippen LogP contribution in [0.25, 0.3) is 0 Å². The Kier molecular flexibility index (Phi) is 5.92. The van der Waals surface area contributed by atoms with Crippen LogP contribution in [0.5, 0.6) is 0 Å². The Morgan fingerprint density at radius 2 is 1.80 bits per heavy atom. The summed E-state index contributed by atoms with van der Waals surface area (Å²) < 4.78 is 0. The Morgan fingerprint density at radius 3 is 2.13 bits per heavy atom. The fourth-order valence-corrected chi connectivity index (χ4v) is 1.85. The molecule has 90 valence electrons. The summed E-state index contributed by atoms with van der Waals surface area (Å²) in [6.07, 6.45) is 2.65. The molecule has 2 nitrogen and oxygen atoms in total. The Hall–Kier alpha value is -0.530. The maximum absolute atomic E-state index is 11.7. The van der Waals surface area contributed by atoms with Crippen molar-refractivity contribution in [2.45, 2.75) is 66.3 Å². The van der Waals surface area contributed by atoms with Crippen molar-refractivity contribution in [2.75, 3.05) is 0 Å². The molecule has 0 saturated carbocycles. The zero-order valence-corrected chi connectivity index (χ0v) is 11.2. The minimum Gasteiger partial charge on any atom is -0.350 e. The second-order valence-corrected chi connectivity index (χ2v) is 5.04. The summed E-state index contributed by atoms with van der Waals surface area (Å²) in [6, 6.07) is 0. The van der Waals surface area contributed by atoms with E-state index in [2.05, 4.69) is 39.9 Å². The molecule has 0 rings (SSSR count). The molecule has 0 radical (unpaired) electrons. The molecule has 2 atom stereocenters. The summed E-state index contributed by atoms with van der Waals surface area (Å²) in [4.78, 5) is 11.7. The van der Waals surface area contributed by atoms with E-state index in [1.807, 2.05) is 6.92 Å². The summed E-state index contributed by atoms with van der Waals surface area (Å²) in [5.41, 5.74) is -0.0684. The molecule has 0 aliphatic rings. The Bertz CT molecular complexity index is 201. The minimum absolute atomic E-state index is 0.0684. The second-order valence-electron chi connectivity index (χ2n) is 5.04. The Labute approximate surface area is 94.8 Å². The van der Waals surface area contributed by atoms with Crippen molar-refractivity contribution in [3.63, 3.8) is 0 Å². The first-order valence-corrected chi connectivity index (χ1v) is 6.19. The van der Waals surface area contributed by atoms with Crippen LogP contribution in [0.4, 0.5) is 0 Å². The van der Waals surface area contributed by atoms with Crippen LogP contribution < -0.4 is 5.32 Å². The highest BCUT2D eigenvalue weighted by atomic mass is 16.1. The quantitative estimate of drug-likeness (QED) is 0.720. The summed E-state index contributed by atoms with van der Waals surface area (Å²) in [5.74, 6) is 1.17. The molecule has 15 heavy (non-hydrogen) atoms. The van der Waals surface area contributed by atoms with E-state index in [1.54, 1.807) is 0 Å². The van der Waals surface area contributed by atoms with Crippen LogP contribution in [-0.4, -0.2) is 11.4 Å². The van der Waals surface area contributed by atoms with Crippen LogP contribution >= 0.6 is 0 Å². The van der Waals surface area contributed by atoms with Crippen LogP contribution in [0.3, 0.4) is 0 Å². The molecule has 0 bridgehead atoms. The first kappa shape index (κ1) is 14.5. The number of carbonyl (C=O) groups is 1. The lowest BCUT2D eigenvalue weighted by Gasteiger charge is -2.40. The third-order valence-electron chi connectivity index (χ3n) is 3.72. The zero-order valence-electron chi connectivity index (χ0n) is 11.2. The molecule has 0 aromatic rings. The van der Waals surface area contributed by atoms with Gasteiger partial charge in [0, 0.05) is 12.0 Å². The van der Waals surface area contributed by atoms with Gasteiger partial charge in [0.05, 0.1) is 0 Å². The zero-order chi connectivity index (χ0) is 12.1. The fraction of sp³-hybridized carbons (Fsp3) is 0.923. The summed E-state index contributed by atoms with van der Waals surface area (Å²) in [5, 5.41) is 3.21. The molecule has 0 spiro atoms. The second kappa shape index (κ2) is 6.14. The number of amides is 1. The van der Waals surface area contributed by atoms with Crippen molar-refractivity contribution in [3.8, 4) is 0 Å². The smallest absolute Gasteiger partial charge is 0.220 e. The highest BCUT2D eigenvalue weighted by Crippen LogP contribution is 2.28. The van der Waals surface area contributed by atoms with Gasteiger partial charge in [0.1, 0.15) is 0 Å². The molecule has 0 aromatic carbocycles. The van der Waals surface area contributed by atoms with Gasteiger partial charge in [-0.15, -0.1) is 0 Å². The van der Waals surface area contributed by atoms with Gasteiger partial charge in [-0.3, -0.25) is 4.79 Å². The van der Waals surface area contributed by atoms with Crippen LogP contribution in [0.15, 0.2) is 0 Å². The minimum atomic E-state index is -0.0684. The van der Waals surface area contributed by atoms with Crippen molar-refractivity contribution in [1.29, 1.82) is 0 Å². The number of rotatable bonds is 6. The third-order valence-corrected chi connectivity index (χ3v) is 3.72. The molecule has 0 heterocycles. The average molecular weight is 213 g/mol. The lowest BCUT2D eigenvalue weighted by atomic mass is 9.76. The van der Waals surface area contributed by atoms with Gasteiger partial charge in [0.15, 0.2) is 0 Å². The molecule has 0 aromatic heterocycles. The largest absolute Gasteiger partial charge is 0.350 e. The average Bonchev–Trinajstić information content (AvgIpc) is 2.16. The SMILES string of the molecule is CCCC(=O)NC(C)(C(C)C)C(C)CC. The maximum atomic E-state index is 11.7. The standard InChI is InChI=1S/C13H27NO/c1-7-9-12(15)14-13(6,10(3)4)11(5)8-2/h10-11H,7-9H2,1-6H3,(H,14,15). The van der Waals surface area contributed by atoms with E-state index in [-0.39, 0.29) is 11.4 Å². The molecule has 2 unspecified atom stereocenters. The molecule has 0 aliphatic carbocycles. The van der Waals surface area contributed by atoms with Crippen LogP contribution in [-0.2, 0) is 4.79 Å². The predicted octanol–water partition coefficient (Wildman–Crippen LogP) is 3.36. The fourth-order valence-electron chi connectivity index (χ4n) is 1.85. The van der Waals surface area contributed by atoms with E-state index in [4.69, 9.17) is 0 Å². The highest BCUT2D eigenvalue weighted by Gasteiger charge is 2.34. The van der Waals surface area contributed by atoms with Crippen LogP contribution in [0.1, 0.15) is 60.8 Å². The van der Waals surface area contributed by atoms with Gasteiger partial charge in [0.2, 0.25) is 5.91 Å². The monoisotopic (exact) mass is 213 g/mol. The number of carbonyl (C=O) groups excluding carboxylic acids is 1. The van der Waals surface area contributed by atoms with Crippen molar-refractivity contribution in [2.24, 2.45) is 11.8 Å². The van der Waals surface area contributed by atoms with E-state index in [9.17, 15) is 4.79 Å². The summed E-state index contributed by atoms with van der Waals surface area (Å²) >= 11 is 0. The number of hydrogen-bond acceptors (Lipinski definition) is 1. The van der Waals surface area contributed by atoms with Gasteiger partial charge in [-0.2, -0.15) is 0 Å². The van der Waals surface area contributed by atoms with Gasteiger partial charge >= 0.3 is 0 Å². The van der Waals surface area contributed by atoms with Gasteiger partial charge in [-0.05, 0) is 25.2 Å². The highest BCUT2D eigenvalue weighted by molar-refractivity contribution is 5.76. The van der Waals surface area contributed by atoms with Crippen LogP contribution in [0.2, 0.25) is 0 Å². The molecular weight excluding hydrogens is 186 g/mol. The van der Waals surface area contributed by atoms with Gasteiger partial charge in [0.25, 0.3) is 0 Å². The lowest BCUT2D eigenvalue weighted by molar-refractivity contribution is -0.124. The molecule has 2 heteroatoms.